The van der Waals surface area contributed by atoms with E-state index in [1.54, 1.807) is 30.5 Å². The van der Waals surface area contributed by atoms with Gasteiger partial charge in [0.25, 0.3) is 5.91 Å². The number of rotatable bonds is 5. The second-order valence-electron chi connectivity index (χ2n) is 6.08. The molecule has 0 saturated heterocycles. The van der Waals surface area contributed by atoms with Crippen molar-refractivity contribution in [3.63, 3.8) is 0 Å². The van der Waals surface area contributed by atoms with Crippen molar-refractivity contribution in [3.8, 4) is 5.75 Å². The zero-order valence-electron chi connectivity index (χ0n) is 14.6. The van der Waals surface area contributed by atoms with Gasteiger partial charge in [0.15, 0.2) is 0 Å². The van der Waals surface area contributed by atoms with Crippen LogP contribution >= 0.6 is 11.6 Å². The van der Waals surface area contributed by atoms with Crippen LogP contribution in [0.3, 0.4) is 0 Å². The molecule has 0 saturated carbocycles. The molecular formula is C20H17ClN4O2. The van der Waals surface area contributed by atoms with Gasteiger partial charge in [0, 0.05) is 36.0 Å². The van der Waals surface area contributed by atoms with E-state index >= 15 is 0 Å². The van der Waals surface area contributed by atoms with Crippen molar-refractivity contribution in [3.05, 3.63) is 77.5 Å². The Kier molecular flexibility index (Phi) is 4.56. The Hall–Kier alpha value is -3.25. The first-order valence-corrected chi connectivity index (χ1v) is 8.76. The van der Waals surface area contributed by atoms with Gasteiger partial charge >= 0.3 is 0 Å². The van der Waals surface area contributed by atoms with E-state index in [0.717, 1.165) is 16.7 Å². The fourth-order valence-electron chi connectivity index (χ4n) is 2.78. The highest BCUT2D eigenvalue weighted by Crippen LogP contribution is 2.28. The SMILES string of the molecule is Cn1ccnc1COc1ccc(NC(=O)c2[nH]c3ccccc3c2Cl)cc1. The normalized spacial score (nSPS) is 10.9. The molecule has 0 aliphatic heterocycles. The number of nitrogens with zero attached hydrogens (tertiary/aromatic N) is 2. The third-order valence-electron chi connectivity index (χ3n) is 4.27. The minimum Gasteiger partial charge on any atom is -0.486 e. The van der Waals surface area contributed by atoms with Crippen LogP contribution in [0.2, 0.25) is 5.02 Å². The third-order valence-corrected chi connectivity index (χ3v) is 4.66. The lowest BCUT2D eigenvalue weighted by atomic mass is 10.2. The van der Waals surface area contributed by atoms with Crippen LogP contribution < -0.4 is 10.1 Å². The van der Waals surface area contributed by atoms with Gasteiger partial charge in [-0.1, -0.05) is 29.8 Å². The molecule has 4 aromatic rings. The van der Waals surface area contributed by atoms with Gasteiger partial charge in [-0.15, -0.1) is 0 Å². The summed E-state index contributed by atoms with van der Waals surface area (Å²) in [5.74, 6) is 1.23. The molecule has 7 heteroatoms. The second-order valence-corrected chi connectivity index (χ2v) is 6.46. The molecule has 136 valence electrons. The van der Waals surface area contributed by atoms with Gasteiger partial charge in [-0.05, 0) is 30.3 Å². The zero-order valence-corrected chi connectivity index (χ0v) is 15.3. The number of halogens is 1. The molecule has 4 rings (SSSR count). The quantitative estimate of drug-likeness (QED) is 0.539. The number of hydrogen-bond donors (Lipinski definition) is 2. The van der Waals surface area contributed by atoms with Gasteiger partial charge in [0.2, 0.25) is 0 Å². The first-order valence-electron chi connectivity index (χ1n) is 8.38. The number of carbonyl (C=O) groups excluding carboxylic acids is 1. The van der Waals surface area contributed by atoms with Gasteiger partial charge < -0.3 is 19.6 Å². The monoisotopic (exact) mass is 380 g/mol. The molecule has 0 spiro atoms. The van der Waals surface area contributed by atoms with Crippen molar-refractivity contribution in [1.82, 2.24) is 14.5 Å². The second kappa shape index (κ2) is 7.17. The van der Waals surface area contributed by atoms with Gasteiger partial charge in [-0.3, -0.25) is 4.79 Å². The topological polar surface area (TPSA) is 71.9 Å². The first-order chi connectivity index (χ1) is 13.1. The number of nitrogens with one attached hydrogen (secondary N) is 2. The molecular weight excluding hydrogens is 364 g/mol. The van der Waals surface area contributed by atoms with E-state index in [1.807, 2.05) is 42.1 Å². The van der Waals surface area contributed by atoms with E-state index in [1.165, 1.54) is 0 Å². The average molecular weight is 381 g/mol. The first kappa shape index (κ1) is 17.2. The van der Waals surface area contributed by atoms with Crippen LogP contribution in [0.1, 0.15) is 16.3 Å². The van der Waals surface area contributed by atoms with Crippen molar-refractivity contribution in [2.75, 3.05) is 5.32 Å². The number of para-hydroxylation sites is 1. The van der Waals surface area contributed by atoms with Crippen molar-refractivity contribution >= 4 is 34.1 Å². The number of amides is 1. The molecule has 0 aliphatic rings. The molecule has 6 nitrogen and oxygen atoms in total. The van der Waals surface area contributed by atoms with Crippen molar-refractivity contribution in [2.24, 2.45) is 7.05 Å². The lowest BCUT2D eigenvalue weighted by Crippen LogP contribution is -2.12. The third kappa shape index (κ3) is 3.52. The van der Waals surface area contributed by atoms with Crippen LogP contribution in [-0.4, -0.2) is 20.4 Å². The summed E-state index contributed by atoms with van der Waals surface area (Å²) >= 11 is 6.33. The fourth-order valence-corrected chi connectivity index (χ4v) is 3.07. The number of hydrogen-bond acceptors (Lipinski definition) is 3. The Balaban J connectivity index is 1.43. The lowest BCUT2D eigenvalue weighted by Gasteiger charge is -2.08. The molecule has 2 N–H and O–H groups in total. The summed E-state index contributed by atoms with van der Waals surface area (Å²) in [7, 11) is 1.92. The van der Waals surface area contributed by atoms with Crippen molar-refractivity contribution < 1.29 is 9.53 Å². The minimum atomic E-state index is -0.294. The predicted octanol–water partition coefficient (Wildman–Crippen LogP) is 4.39. The number of anilines is 1. The maximum atomic E-state index is 12.5. The summed E-state index contributed by atoms with van der Waals surface area (Å²) in [6.07, 6.45) is 3.60. The molecule has 0 atom stereocenters. The van der Waals surface area contributed by atoms with Crippen LogP contribution in [0.4, 0.5) is 5.69 Å². The van der Waals surface area contributed by atoms with Crippen LogP contribution in [-0.2, 0) is 13.7 Å². The molecule has 2 aromatic heterocycles. The van der Waals surface area contributed by atoms with Crippen molar-refractivity contribution in [2.45, 2.75) is 6.61 Å². The Morgan fingerprint density at radius 3 is 2.70 bits per heavy atom. The fraction of sp³-hybridized carbons (Fsp3) is 0.100. The predicted molar refractivity (Wildman–Crippen MR) is 105 cm³/mol. The van der Waals surface area contributed by atoms with Crippen molar-refractivity contribution in [1.29, 1.82) is 0 Å². The molecule has 1 amide bonds. The van der Waals surface area contributed by atoms with Gasteiger partial charge in [-0.2, -0.15) is 0 Å². The Morgan fingerprint density at radius 2 is 2.00 bits per heavy atom. The van der Waals surface area contributed by atoms with E-state index in [9.17, 15) is 4.79 Å². The number of aryl methyl sites for hydroxylation is 1. The number of aromatic nitrogens is 3. The molecule has 0 radical (unpaired) electrons. The highest BCUT2D eigenvalue weighted by atomic mass is 35.5. The number of carbonyl (C=O) groups is 1. The summed E-state index contributed by atoms with van der Waals surface area (Å²) in [5, 5.41) is 4.08. The Bertz CT molecular complexity index is 1100. The summed E-state index contributed by atoms with van der Waals surface area (Å²) in [6, 6.07) is 14.7. The molecule has 2 aromatic carbocycles. The van der Waals surface area contributed by atoms with Crippen LogP contribution in [0.25, 0.3) is 10.9 Å². The van der Waals surface area contributed by atoms with Crippen LogP contribution in [0, 0.1) is 0 Å². The molecule has 0 unspecified atom stereocenters. The minimum absolute atomic E-state index is 0.294. The summed E-state index contributed by atoms with van der Waals surface area (Å²) in [5.41, 5.74) is 1.82. The van der Waals surface area contributed by atoms with E-state index < -0.39 is 0 Å². The number of ether oxygens (including phenoxy) is 1. The Morgan fingerprint density at radius 1 is 1.22 bits per heavy atom. The zero-order chi connectivity index (χ0) is 18.8. The lowest BCUT2D eigenvalue weighted by molar-refractivity contribution is 0.102. The molecule has 2 heterocycles. The van der Waals surface area contributed by atoms with E-state index in [-0.39, 0.29) is 5.91 Å². The van der Waals surface area contributed by atoms with Gasteiger partial charge in [0.1, 0.15) is 23.9 Å². The highest BCUT2D eigenvalue weighted by molar-refractivity contribution is 6.39. The maximum absolute atomic E-state index is 12.5. The molecule has 27 heavy (non-hydrogen) atoms. The molecule has 0 bridgehead atoms. The number of benzene rings is 2. The van der Waals surface area contributed by atoms with Crippen LogP contribution in [0.5, 0.6) is 5.75 Å². The van der Waals surface area contributed by atoms with Gasteiger partial charge in [0.05, 0.1) is 5.02 Å². The van der Waals surface area contributed by atoms with E-state index in [2.05, 4.69) is 15.3 Å². The maximum Gasteiger partial charge on any atom is 0.273 e. The highest BCUT2D eigenvalue weighted by Gasteiger charge is 2.16. The van der Waals surface area contributed by atoms with E-state index in [4.69, 9.17) is 16.3 Å². The number of imidazole rings is 1. The Labute approximate surface area is 160 Å². The molecule has 0 fully saturated rings. The largest absolute Gasteiger partial charge is 0.486 e. The number of H-pyrrole nitrogens is 1. The van der Waals surface area contributed by atoms with E-state index in [0.29, 0.717) is 28.8 Å². The summed E-state index contributed by atoms with van der Waals surface area (Å²) in [6.45, 7) is 0.375. The molecule has 0 aliphatic carbocycles. The standard InChI is InChI=1S/C20H17ClN4O2/c1-25-11-10-22-17(25)12-27-14-8-6-13(7-9-14)23-20(26)19-18(21)15-4-2-3-5-16(15)24-19/h2-11,24H,12H2,1H3,(H,23,26). The average Bonchev–Trinajstić information content (AvgIpc) is 3.24. The van der Waals surface area contributed by atoms with Gasteiger partial charge in [-0.25, -0.2) is 4.98 Å². The number of fused-ring (bicyclic) bond motifs is 1. The summed E-state index contributed by atoms with van der Waals surface area (Å²) < 4.78 is 7.61. The smallest absolute Gasteiger partial charge is 0.273 e. The number of aromatic amines is 1. The summed E-state index contributed by atoms with van der Waals surface area (Å²) in [4.78, 5) is 19.8. The van der Waals surface area contributed by atoms with Crippen LogP contribution in [0.15, 0.2) is 60.9 Å².